The van der Waals surface area contributed by atoms with Gasteiger partial charge in [0, 0.05) is 71.4 Å². The van der Waals surface area contributed by atoms with Crippen molar-refractivity contribution >= 4 is 143 Å². The zero-order valence-corrected chi connectivity index (χ0v) is 47.4. The minimum absolute atomic E-state index is 0.0185. The number of nitrogens with zero attached hydrogens (tertiary/aromatic N) is 4. The average Bonchev–Trinajstić information content (AvgIpc) is 1.43. The molecule has 6 heterocycles. The molecule has 4 nitrogen and oxygen atoms in total. The summed E-state index contributed by atoms with van der Waals surface area (Å²) in [6.07, 6.45) is 0. The van der Waals surface area contributed by atoms with E-state index in [0.29, 0.717) is 16.9 Å². The summed E-state index contributed by atoms with van der Waals surface area (Å²) in [7, 11) is 0. The molecule has 5 heteroatoms. The van der Waals surface area contributed by atoms with Gasteiger partial charge in [0.25, 0.3) is 6.71 Å². The highest BCUT2D eigenvalue weighted by atomic mass is 15.2. The fraction of sp³-hybridized carbons (Fsp3) is 0.0488. The zero-order chi connectivity index (χ0) is 68.7. The van der Waals surface area contributed by atoms with Crippen molar-refractivity contribution in [3.8, 4) is 33.6 Å². The molecule has 0 radical (unpaired) electrons. The van der Waals surface area contributed by atoms with Crippen LogP contribution in [0.4, 0.5) is 17.1 Å². The highest BCUT2D eigenvalue weighted by Gasteiger charge is 2.45. The van der Waals surface area contributed by atoms with Crippen LogP contribution in [0.2, 0.25) is 0 Å². The maximum atomic E-state index is 9.71. The van der Waals surface area contributed by atoms with Gasteiger partial charge in [0.2, 0.25) is 0 Å². The highest BCUT2D eigenvalue weighted by molar-refractivity contribution is 7.00. The predicted octanol–water partition coefficient (Wildman–Crippen LogP) is 19.7. The molecule has 19 rings (SSSR count). The molecule has 0 aliphatic carbocycles. The Balaban J connectivity index is 1.07. The normalized spacial score (nSPS) is 15.0. The van der Waals surface area contributed by atoms with Gasteiger partial charge in [0.15, 0.2) is 0 Å². The lowest BCUT2D eigenvalue weighted by atomic mass is 9.33. The third-order valence-electron chi connectivity index (χ3n) is 18.6. The molecule has 87 heavy (non-hydrogen) atoms. The second kappa shape index (κ2) is 17.8. The van der Waals surface area contributed by atoms with Crippen LogP contribution in [0, 0.1) is 0 Å². The quantitative estimate of drug-likeness (QED) is 0.161. The Morgan fingerprint density at radius 1 is 0.345 bits per heavy atom. The largest absolute Gasteiger partial charge is 0.311 e. The van der Waals surface area contributed by atoms with Crippen LogP contribution in [0.25, 0.3) is 137 Å². The lowest BCUT2D eigenvalue weighted by Crippen LogP contribution is -2.60. The summed E-state index contributed by atoms with van der Waals surface area (Å²) < 4.78 is 127. The van der Waals surface area contributed by atoms with Crippen molar-refractivity contribution in [2.24, 2.45) is 0 Å². The number of para-hydroxylation sites is 4. The molecule has 4 aromatic heterocycles. The van der Waals surface area contributed by atoms with Crippen molar-refractivity contribution in [3.63, 3.8) is 0 Å². The molecule has 0 atom stereocenters. The summed E-state index contributed by atoms with van der Waals surface area (Å²) in [6.45, 7) is 5.85. The number of hydrogen-bond acceptors (Lipinski definition) is 1. The molecule has 13 aromatic carbocycles. The number of aromatic nitrogens is 3. The number of fused-ring (bicyclic) bond motifs is 21. The second-order valence-corrected chi connectivity index (χ2v) is 24.2. The fourth-order valence-corrected chi connectivity index (χ4v) is 14.9. The van der Waals surface area contributed by atoms with E-state index in [1.807, 2.05) is 48.5 Å². The SMILES string of the molecule is [2H]c1c([2H])c([2H])c(-c2cc3c4c(c2)c2cc(C(C)(C)C)ccc2n4-c2cc4c(c5c2B3c2ccc(-n3c6c([2H])c([2H])c([2H])c([2H])c6c6c([2H])c([2H])c([2H])c([2H])c63)cc2N5c2ccc(-c3ccccc3)cc2)c2cccc3c5ccccc5c5ccccc5c5ccccc5n4c32)c([2H])c1[2H]. The van der Waals surface area contributed by atoms with Crippen molar-refractivity contribution in [3.05, 3.63) is 284 Å². The molecule has 0 saturated heterocycles. The van der Waals surface area contributed by atoms with E-state index in [0.717, 1.165) is 132 Å². The third-order valence-corrected chi connectivity index (χ3v) is 18.6. The molecule has 0 bridgehead atoms. The molecule has 0 fully saturated rings. The van der Waals surface area contributed by atoms with Gasteiger partial charge >= 0.3 is 0 Å². The summed E-state index contributed by atoms with van der Waals surface area (Å²) in [6, 6.07) is 63.9. The molecular formula is C82H55BN4. The Labute approximate surface area is 521 Å². The topological polar surface area (TPSA) is 17.5 Å². The van der Waals surface area contributed by atoms with Gasteiger partial charge in [-0.15, -0.1) is 0 Å². The lowest BCUT2D eigenvalue weighted by molar-refractivity contribution is 0.591. The Morgan fingerprint density at radius 3 is 1.68 bits per heavy atom. The number of hydrogen-bond donors (Lipinski definition) is 0. The first kappa shape index (κ1) is 37.4. The molecule has 406 valence electrons. The Hall–Kier alpha value is -10.9. The maximum absolute atomic E-state index is 9.71. The summed E-state index contributed by atoms with van der Waals surface area (Å²) in [5, 5.41) is 9.76. The van der Waals surface area contributed by atoms with Crippen molar-refractivity contribution in [1.82, 2.24) is 13.5 Å². The third kappa shape index (κ3) is 6.74. The van der Waals surface area contributed by atoms with Gasteiger partial charge in [-0.2, -0.15) is 0 Å². The van der Waals surface area contributed by atoms with Gasteiger partial charge in [0.05, 0.1) is 56.6 Å². The van der Waals surface area contributed by atoms with E-state index < -0.39 is 73.2 Å². The van der Waals surface area contributed by atoms with Crippen LogP contribution in [-0.2, 0) is 5.41 Å². The van der Waals surface area contributed by atoms with Gasteiger partial charge in [-0.3, -0.25) is 0 Å². The molecule has 17 aromatic rings. The molecule has 2 aliphatic heterocycles. The Morgan fingerprint density at radius 2 is 0.954 bits per heavy atom. The lowest BCUT2D eigenvalue weighted by Gasteiger charge is -2.41. The van der Waals surface area contributed by atoms with Crippen LogP contribution in [0.3, 0.4) is 0 Å². The predicted molar refractivity (Wildman–Crippen MR) is 371 cm³/mol. The van der Waals surface area contributed by atoms with Crippen molar-refractivity contribution in [1.29, 1.82) is 0 Å². The van der Waals surface area contributed by atoms with Crippen LogP contribution in [0.1, 0.15) is 44.2 Å². The van der Waals surface area contributed by atoms with E-state index >= 15 is 0 Å². The minimum Gasteiger partial charge on any atom is -0.311 e. The van der Waals surface area contributed by atoms with Crippen molar-refractivity contribution in [2.45, 2.75) is 26.2 Å². The fourth-order valence-electron chi connectivity index (χ4n) is 14.9. The first-order valence-corrected chi connectivity index (χ1v) is 29.5. The van der Waals surface area contributed by atoms with Gasteiger partial charge in [0.1, 0.15) is 0 Å². The Bertz CT molecular complexity index is 6580. The molecule has 0 amide bonds. The summed E-state index contributed by atoms with van der Waals surface area (Å²) in [4.78, 5) is 2.30. The Kier molecular flexibility index (Phi) is 7.68. The minimum atomic E-state index is -0.697. The van der Waals surface area contributed by atoms with Crippen molar-refractivity contribution < 1.29 is 17.8 Å². The first-order chi connectivity index (χ1) is 48.2. The maximum Gasteiger partial charge on any atom is 0.252 e. The van der Waals surface area contributed by atoms with E-state index in [4.69, 9.17) is 9.60 Å². The number of rotatable bonds is 4. The van der Waals surface area contributed by atoms with Crippen LogP contribution < -0.4 is 21.3 Å². The van der Waals surface area contributed by atoms with Crippen LogP contribution in [0.15, 0.2) is 279 Å². The van der Waals surface area contributed by atoms with E-state index in [1.165, 1.54) is 0 Å². The number of benzene rings is 13. The number of anilines is 3. The van der Waals surface area contributed by atoms with Gasteiger partial charge in [-0.1, -0.05) is 233 Å². The van der Waals surface area contributed by atoms with Crippen LogP contribution in [0.5, 0.6) is 0 Å². The smallest absolute Gasteiger partial charge is 0.252 e. The molecule has 0 N–H and O–H groups in total. The van der Waals surface area contributed by atoms with Crippen molar-refractivity contribution in [2.75, 3.05) is 4.90 Å². The molecule has 0 spiro atoms. The van der Waals surface area contributed by atoms with Gasteiger partial charge in [-0.05, 0) is 138 Å². The summed E-state index contributed by atoms with van der Waals surface area (Å²) >= 11 is 0. The van der Waals surface area contributed by atoms with E-state index in [1.54, 1.807) is 4.57 Å². The molecule has 2 aliphatic rings. The first-order valence-electron chi connectivity index (χ1n) is 36.0. The average molecular weight is 1120 g/mol. The van der Waals surface area contributed by atoms with Crippen LogP contribution in [-0.4, -0.2) is 20.2 Å². The highest BCUT2D eigenvalue weighted by Crippen LogP contribution is 2.51. The second-order valence-electron chi connectivity index (χ2n) is 24.2. The van der Waals surface area contributed by atoms with E-state index in [2.05, 4.69) is 186 Å². The van der Waals surface area contributed by atoms with E-state index in [9.17, 15) is 8.22 Å². The standard InChI is InChI=1S/C82H55BN4/c1-82(2,3)54-39-44-73-66(47-54)67-45-53(51-23-8-5-9-24-51)46-69-80(67)87(73)76-49-75-77(65-33-20-32-64-60-28-13-11-26-58(60)57-25-10-12-27-59(57)61-29-14-19-36-72(61)86(75)79(64)65)81-78(76)83(69)68-43-42-56(84-70-34-17-15-30-62(70)63-31-16-18-35-71(63)84)48-74(68)85(81)55-40-37-52(38-41-55)50-21-6-4-7-22-50/h4-49H,1-3H3/i5D,8D,9D,15D,16D,17D,18D,23D,24D,30D,31D,34D,35D. The van der Waals surface area contributed by atoms with Gasteiger partial charge < -0.3 is 18.4 Å². The van der Waals surface area contributed by atoms with E-state index in [-0.39, 0.29) is 44.9 Å². The van der Waals surface area contributed by atoms with Crippen LogP contribution >= 0.6 is 0 Å². The summed E-state index contributed by atoms with van der Waals surface area (Å²) in [5.41, 5.74) is 13.7. The zero-order valence-electron chi connectivity index (χ0n) is 60.4. The van der Waals surface area contributed by atoms with Gasteiger partial charge in [-0.25, -0.2) is 0 Å². The molecule has 0 saturated carbocycles. The molecule has 0 unspecified atom stereocenters. The monoisotopic (exact) mass is 1120 g/mol. The summed E-state index contributed by atoms with van der Waals surface area (Å²) in [5.74, 6) is 0. The molecular weight excluding hydrogens is 1050 g/mol.